The van der Waals surface area contributed by atoms with Crippen LogP contribution >= 0.6 is 11.3 Å². The summed E-state index contributed by atoms with van der Waals surface area (Å²) in [6, 6.07) is 10.6. The molecule has 0 spiro atoms. The third kappa shape index (κ3) is 2.32. The molecule has 3 rings (SSSR count). The molecule has 0 bridgehead atoms. The Kier molecular flexibility index (Phi) is 3.51. The van der Waals surface area contributed by atoms with E-state index in [-0.39, 0.29) is 6.04 Å². The second-order valence-corrected chi connectivity index (χ2v) is 6.11. The first-order chi connectivity index (χ1) is 9.69. The number of thiazole rings is 1. The van der Waals surface area contributed by atoms with Crippen LogP contribution in [0, 0.1) is 13.8 Å². The van der Waals surface area contributed by atoms with E-state index in [1.54, 1.807) is 11.3 Å². The van der Waals surface area contributed by atoms with Crippen molar-refractivity contribution in [2.24, 2.45) is 0 Å². The molecule has 1 N–H and O–H groups in total. The maximum absolute atomic E-state index is 4.68. The standard InChI is InChI=1S/C16H17N3S/c1-10-11(2)20-16(19-10)15(17-3)13-6-7-14-12(9-13)5-4-8-18-14/h4-9,15,17H,1-3H3. The minimum absolute atomic E-state index is 0.136. The first-order valence-electron chi connectivity index (χ1n) is 6.65. The van der Waals surface area contributed by atoms with Crippen LogP contribution in [-0.2, 0) is 0 Å². The van der Waals surface area contributed by atoms with Gasteiger partial charge in [0.1, 0.15) is 5.01 Å². The van der Waals surface area contributed by atoms with Crippen LogP contribution in [0.5, 0.6) is 0 Å². The van der Waals surface area contributed by atoms with Gasteiger partial charge in [0.15, 0.2) is 0 Å². The van der Waals surface area contributed by atoms with Crippen molar-refractivity contribution in [3.63, 3.8) is 0 Å². The summed E-state index contributed by atoms with van der Waals surface area (Å²) in [5.74, 6) is 0. The number of nitrogens with one attached hydrogen (secondary N) is 1. The Bertz CT molecular complexity index is 729. The van der Waals surface area contributed by atoms with Gasteiger partial charge in [-0.15, -0.1) is 11.3 Å². The summed E-state index contributed by atoms with van der Waals surface area (Å²) in [6.45, 7) is 4.18. The van der Waals surface area contributed by atoms with E-state index in [0.717, 1.165) is 21.6 Å². The van der Waals surface area contributed by atoms with E-state index >= 15 is 0 Å². The average molecular weight is 283 g/mol. The van der Waals surface area contributed by atoms with Crippen molar-refractivity contribution < 1.29 is 0 Å². The molecule has 20 heavy (non-hydrogen) atoms. The lowest BCUT2D eigenvalue weighted by Gasteiger charge is -2.14. The quantitative estimate of drug-likeness (QED) is 0.798. The van der Waals surface area contributed by atoms with Gasteiger partial charge in [-0.3, -0.25) is 4.98 Å². The molecule has 2 aromatic heterocycles. The zero-order valence-electron chi connectivity index (χ0n) is 11.8. The van der Waals surface area contributed by atoms with E-state index in [4.69, 9.17) is 0 Å². The number of pyridine rings is 1. The Morgan fingerprint density at radius 1 is 1.20 bits per heavy atom. The largest absolute Gasteiger partial charge is 0.307 e. The maximum atomic E-state index is 4.68. The first kappa shape index (κ1) is 13.2. The van der Waals surface area contributed by atoms with Crippen LogP contribution in [0.3, 0.4) is 0 Å². The summed E-state index contributed by atoms with van der Waals surface area (Å²) in [6.07, 6.45) is 1.82. The number of benzene rings is 1. The molecule has 102 valence electrons. The fourth-order valence-electron chi connectivity index (χ4n) is 2.33. The number of aromatic nitrogens is 2. The van der Waals surface area contributed by atoms with Crippen molar-refractivity contribution in [3.05, 3.63) is 57.7 Å². The van der Waals surface area contributed by atoms with Crippen LogP contribution in [0.25, 0.3) is 10.9 Å². The van der Waals surface area contributed by atoms with E-state index in [1.807, 2.05) is 19.3 Å². The van der Waals surface area contributed by atoms with Gasteiger partial charge in [0.2, 0.25) is 0 Å². The first-order valence-corrected chi connectivity index (χ1v) is 7.46. The molecule has 1 aromatic carbocycles. The van der Waals surface area contributed by atoms with Gasteiger partial charge in [-0.2, -0.15) is 0 Å². The third-order valence-electron chi connectivity index (χ3n) is 3.54. The molecule has 4 heteroatoms. The summed E-state index contributed by atoms with van der Waals surface area (Å²) in [7, 11) is 1.98. The van der Waals surface area contributed by atoms with Crippen molar-refractivity contribution in [1.82, 2.24) is 15.3 Å². The topological polar surface area (TPSA) is 37.8 Å². The molecule has 1 unspecified atom stereocenters. The molecule has 0 aliphatic carbocycles. The number of hydrogen-bond donors (Lipinski definition) is 1. The van der Waals surface area contributed by atoms with Crippen molar-refractivity contribution >= 4 is 22.2 Å². The molecule has 0 saturated heterocycles. The van der Waals surface area contributed by atoms with E-state index in [9.17, 15) is 0 Å². The number of hydrogen-bond acceptors (Lipinski definition) is 4. The minimum Gasteiger partial charge on any atom is -0.307 e. The molecule has 0 saturated carbocycles. The highest BCUT2D eigenvalue weighted by molar-refractivity contribution is 7.11. The van der Waals surface area contributed by atoms with Gasteiger partial charge < -0.3 is 5.32 Å². The fourth-order valence-corrected chi connectivity index (χ4v) is 3.39. The van der Waals surface area contributed by atoms with Gasteiger partial charge >= 0.3 is 0 Å². The van der Waals surface area contributed by atoms with Crippen molar-refractivity contribution in [3.8, 4) is 0 Å². The molecule has 2 heterocycles. The van der Waals surface area contributed by atoms with Crippen LogP contribution < -0.4 is 5.32 Å². The Balaban J connectivity index is 2.06. The van der Waals surface area contributed by atoms with Gasteiger partial charge in [-0.05, 0) is 44.7 Å². The van der Waals surface area contributed by atoms with Gasteiger partial charge in [-0.1, -0.05) is 12.1 Å². The Labute approximate surface area is 122 Å². The van der Waals surface area contributed by atoms with Gasteiger partial charge in [-0.25, -0.2) is 4.98 Å². The van der Waals surface area contributed by atoms with E-state index in [1.165, 1.54) is 10.4 Å². The molecule has 0 aliphatic heterocycles. The number of nitrogens with zero attached hydrogens (tertiary/aromatic N) is 2. The van der Waals surface area contributed by atoms with Gasteiger partial charge in [0.25, 0.3) is 0 Å². The lowest BCUT2D eigenvalue weighted by Crippen LogP contribution is -2.17. The van der Waals surface area contributed by atoms with E-state index in [0.29, 0.717) is 0 Å². The lowest BCUT2D eigenvalue weighted by atomic mass is 10.0. The summed E-state index contributed by atoms with van der Waals surface area (Å²) < 4.78 is 0. The van der Waals surface area contributed by atoms with Crippen molar-refractivity contribution in [2.75, 3.05) is 7.05 Å². The molecule has 3 nitrogen and oxygen atoms in total. The smallest absolute Gasteiger partial charge is 0.115 e. The predicted octanol–water partition coefficient (Wildman–Crippen LogP) is 3.62. The van der Waals surface area contributed by atoms with Gasteiger partial charge in [0.05, 0.1) is 17.3 Å². The summed E-state index contributed by atoms with van der Waals surface area (Å²) in [4.78, 5) is 10.3. The second-order valence-electron chi connectivity index (χ2n) is 4.87. The van der Waals surface area contributed by atoms with Crippen molar-refractivity contribution in [2.45, 2.75) is 19.9 Å². The number of fused-ring (bicyclic) bond motifs is 1. The molecule has 0 fully saturated rings. The Morgan fingerprint density at radius 2 is 2.05 bits per heavy atom. The fraction of sp³-hybridized carbons (Fsp3) is 0.250. The van der Waals surface area contributed by atoms with Crippen LogP contribution in [0.1, 0.15) is 27.2 Å². The highest BCUT2D eigenvalue weighted by Crippen LogP contribution is 2.29. The summed E-state index contributed by atoms with van der Waals surface area (Å²) in [5.41, 5.74) is 3.37. The van der Waals surface area contributed by atoms with Crippen LogP contribution in [0.2, 0.25) is 0 Å². The number of aryl methyl sites for hydroxylation is 2. The highest BCUT2D eigenvalue weighted by atomic mass is 32.1. The molecule has 3 aromatic rings. The zero-order chi connectivity index (χ0) is 14.1. The normalized spacial score (nSPS) is 12.8. The zero-order valence-corrected chi connectivity index (χ0v) is 12.7. The predicted molar refractivity (Wildman–Crippen MR) is 84.2 cm³/mol. The molecular formula is C16H17N3S. The van der Waals surface area contributed by atoms with Gasteiger partial charge in [0, 0.05) is 16.5 Å². The minimum atomic E-state index is 0.136. The van der Waals surface area contributed by atoms with Crippen LogP contribution in [0.4, 0.5) is 0 Å². The monoisotopic (exact) mass is 283 g/mol. The summed E-state index contributed by atoms with van der Waals surface area (Å²) in [5, 5.41) is 5.65. The molecule has 0 aliphatic rings. The summed E-state index contributed by atoms with van der Waals surface area (Å²) >= 11 is 1.76. The Hall–Kier alpha value is -1.78. The SMILES string of the molecule is CNC(c1ccc2ncccc2c1)c1nc(C)c(C)s1. The Morgan fingerprint density at radius 3 is 2.75 bits per heavy atom. The molecular weight excluding hydrogens is 266 g/mol. The highest BCUT2D eigenvalue weighted by Gasteiger charge is 2.17. The molecule has 0 radical (unpaired) electrons. The number of rotatable bonds is 3. The second kappa shape index (κ2) is 5.31. The third-order valence-corrected chi connectivity index (χ3v) is 4.68. The van der Waals surface area contributed by atoms with E-state index in [2.05, 4.69) is 53.4 Å². The maximum Gasteiger partial charge on any atom is 0.115 e. The van der Waals surface area contributed by atoms with Crippen molar-refractivity contribution in [1.29, 1.82) is 0 Å². The lowest BCUT2D eigenvalue weighted by molar-refractivity contribution is 0.685. The van der Waals surface area contributed by atoms with E-state index < -0.39 is 0 Å². The molecule has 0 amide bonds. The van der Waals surface area contributed by atoms with Crippen LogP contribution in [0.15, 0.2) is 36.5 Å². The molecule has 1 atom stereocenters. The average Bonchev–Trinajstić information content (AvgIpc) is 2.79. The van der Waals surface area contributed by atoms with Crippen LogP contribution in [-0.4, -0.2) is 17.0 Å².